The molecule has 0 amide bonds. The third-order valence-corrected chi connectivity index (χ3v) is 2.77. The quantitative estimate of drug-likeness (QED) is 0.551. The van der Waals surface area contributed by atoms with Gasteiger partial charge in [0.2, 0.25) is 0 Å². The first-order valence-corrected chi connectivity index (χ1v) is 5.80. The minimum atomic E-state index is -0.480. The average Bonchev–Trinajstić information content (AvgIpc) is 3.06. The fourth-order valence-corrected chi connectivity index (χ4v) is 1.77. The molecule has 2 N–H and O–H groups in total. The number of hydrogen-bond acceptors (Lipinski definition) is 7. The highest BCUT2D eigenvalue weighted by Gasteiger charge is 2.14. The molecule has 0 aliphatic rings. The number of rotatable bonds is 4. The van der Waals surface area contributed by atoms with Crippen molar-refractivity contribution in [3.8, 4) is 0 Å². The van der Waals surface area contributed by atoms with Crippen LogP contribution in [0, 0.1) is 10.1 Å². The Kier molecular flexibility index (Phi) is 2.78. The standard InChI is InChI=1S/C11H10N6O3/c1-6(10-12-5-13-16-10)14-11-15-8-3-2-7(17(18)19)4-9(8)20-11/h2-6H,1H3,(H,14,15)(H,12,13,16). The van der Waals surface area contributed by atoms with E-state index in [-0.39, 0.29) is 17.7 Å². The molecule has 0 fully saturated rings. The lowest BCUT2D eigenvalue weighted by Crippen LogP contribution is -2.08. The van der Waals surface area contributed by atoms with Gasteiger partial charge in [-0.25, -0.2) is 4.98 Å². The van der Waals surface area contributed by atoms with E-state index in [1.54, 1.807) is 6.07 Å². The fraction of sp³-hybridized carbons (Fsp3) is 0.182. The van der Waals surface area contributed by atoms with Crippen LogP contribution in [-0.2, 0) is 0 Å². The van der Waals surface area contributed by atoms with Crippen molar-refractivity contribution < 1.29 is 9.34 Å². The van der Waals surface area contributed by atoms with Crippen LogP contribution in [0.4, 0.5) is 11.7 Å². The fourth-order valence-electron chi connectivity index (χ4n) is 1.77. The van der Waals surface area contributed by atoms with Gasteiger partial charge in [-0.2, -0.15) is 10.1 Å². The molecule has 102 valence electrons. The SMILES string of the molecule is CC(Nc1nc2ccc([N+](=O)[O-])cc2o1)c1ncn[nH]1. The van der Waals surface area contributed by atoms with Crippen LogP contribution in [0.5, 0.6) is 0 Å². The summed E-state index contributed by atoms with van der Waals surface area (Å²) in [6.45, 7) is 1.86. The lowest BCUT2D eigenvalue weighted by Gasteiger charge is -2.07. The van der Waals surface area contributed by atoms with Gasteiger partial charge in [0.05, 0.1) is 17.0 Å². The van der Waals surface area contributed by atoms with E-state index in [0.717, 1.165) is 0 Å². The highest BCUT2D eigenvalue weighted by atomic mass is 16.6. The lowest BCUT2D eigenvalue weighted by molar-refractivity contribution is -0.384. The van der Waals surface area contributed by atoms with E-state index >= 15 is 0 Å². The second-order valence-electron chi connectivity index (χ2n) is 4.16. The van der Waals surface area contributed by atoms with E-state index in [1.165, 1.54) is 18.5 Å². The summed E-state index contributed by atoms with van der Waals surface area (Å²) < 4.78 is 5.44. The molecule has 2 heterocycles. The Morgan fingerprint density at radius 1 is 1.50 bits per heavy atom. The number of anilines is 1. The molecule has 3 rings (SSSR count). The normalized spacial score (nSPS) is 12.4. The number of oxazole rings is 1. The van der Waals surface area contributed by atoms with Gasteiger partial charge in [0.25, 0.3) is 11.7 Å². The Balaban J connectivity index is 1.87. The summed E-state index contributed by atoms with van der Waals surface area (Å²) in [5.74, 6) is 0.637. The number of nitrogens with one attached hydrogen (secondary N) is 2. The van der Waals surface area contributed by atoms with Crippen LogP contribution in [0.25, 0.3) is 11.1 Å². The lowest BCUT2D eigenvalue weighted by atomic mass is 10.3. The molecule has 20 heavy (non-hydrogen) atoms. The monoisotopic (exact) mass is 274 g/mol. The van der Waals surface area contributed by atoms with Crippen molar-refractivity contribution in [3.63, 3.8) is 0 Å². The highest BCUT2D eigenvalue weighted by molar-refractivity contribution is 5.77. The number of hydrogen-bond donors (Lipinski definition) is 2. The molecular formula is C11H10N6O3. The minimum Gasteiger partial charge on any atom is -0.423 e. The maximum absolute atomic E-state index is 10.7. The molecule has 0 aliphatic heterocycles. The average molecular weight is 274 g/mol. The molecule has 0 saturated heterocycles. The Hall–Kier alpha value is -2.97. The zero-order valence-electron chi connectivity index (χ0n) is 10.4. The molecule has 3 aromatic rings. The highest BCUT2D eigenvalue weighted by Crippen LogP contribution is 2.25. The predicted octanol–water partition coefficient (Wildman–Crippen LogP) is 2.03. The molecule has 2 aromatic heterocycles. The van der Waals surface area contributed by atoms with Gasteiger partial charge in [0.15, 0.2) is 5.58 Å². The van der Waals surface area contributed by atoms with Crippen LogP contribution in [0.15, 0.2) is 28.9 Å². The van der Waals surface area contributed by atoms with E-state index in [4.69, 9.17) is 4.42 Å². The zero-order valence-corrected chi connectivity index (χ0v) is 10.4. The summed E-state index contributed by atoms with van der Waals surface area (Å²) >= 11 is 0. The van der Waals surface area contributed by atoms with Gasteiger partial charge in [-0.15, -0.1) is 0 Å². The molecule has 1 unspecified atom stereocenters. The van der Waals surface area contributed by atoms with E-state index in [0.29, 0.717) is 16.9 Å². The van der Waals surface area contributed by atoms with Crippen molar-refractivity contribution in [2.24, 2.45) is 0 Å². The smallest absolute Gasteiger partial charge is 0.296 e. The summed E-state index contributed by atoms with van der Waals surface area (Å²) in [4.78, 5) is 18.4. The van der Waals surface area contributed by atoms with Crippen molar-refractivity contribution in [2.45, 2.75) is 13.0 Å². The second-order valence-corrected chi connectivity index (χ2v) is 4.16. The van der Waals surface area contributed by atoms with Crippen molar-refractivity contribution >= 4 is 22.8 Å². The topological polar surface area (TPSA) is 123 Å². The summed E-state index contributed by atoms with van der Waals surface area (Å²) in [6.07, 6.45) is 1.41. The Bertz CT molecular complexity index is 751. The molecule has 9 nitrogen and oxygen atoms in total. The first kappa shape index (κ1) is 12.1. The predicted molar refractivity (Wildman–Crippen MR) is 69.1 cm³/mol. The number of nitro benzene ring substituents is 1. The number of fused-ring (bicyclic) bond motifs is 1. The van der Waals surface area contributed by atoms with Crippen molar-refractivity contribution in [1.82, 2.24) is 20.2 Å². The number of aromatic nitrogens is 4. The van der Waals surface area contributed by atoms with Crippen LogP contribution in [0.2, 0.25) is 0 Å². The molecule has 0 bridgehead atoms. The van der Waals surface area contributed by atoms with Crippen LogP contribution in [-0.4, -0.2) is 25.1 Å². The first-order valence-electron chi connectivity index (χ1n) is 5.80. The number of non-ortho nitro benzene ring substituents is 1. The Morgan fingerprint density at radius 2 is 2.35 bits per heavy atom. The van der Waals surface area contributed by atoms with Gasteiger partial charge < -0.3 is 9.73 Å². The van der Waals surface area contributed by atoms with E-state index < -0.39 is 4.92 Å². The van der Waals surface area contributed by atoms with Gasteiger partial charge in [0.1, 0.15) is 17.7 Å². The molecule has 0 radical (unpaired) electrons. The van der Waals surface area contributed by atoms with Crippen molar-refractivity contribution in [2.75, 3.05) is 5.32 Å². The molecule has 0 saturated carbocycles. The number of nitro groups is 1. The van der Waals surface area contributed by atoms with E-state index in [9.17, 15) is 10.1 Å². The van der Waals surface area contributed by atoms with E-state index in [2.05, 4.69) is 25.5 Å². The third-order valence-electron chi connectivity index (χ3n) is 2.77. The number of aromatic amines is 1. The maximum Gasteiger partial charge on any atom is 0.296 e. The number of H-pyrrole nitrogens is 1. The van der Waals surface area contributed by atoms with Crippen molar-refractivity contribution in [3.05, 3.63) is 40.5 Å². The molecular weight excluding hydrogens is 264 g/mol. The summed E-state index contributed by atoms with van der Waals surface area (Å²) in [7, 11) is 0. The van der Waals surface area contributed by atoms with Crippen LogP contribution in [0.1, 0.15) is 18.8 Å². The summed E-state index contributed by atoms with van der Waals surface area (Å²) in [5.41, 5.74) is 0.859. The Morgan fingerprint density at radius 3 is 3.05 bits per heavy atom. The molecule has 1 aromatic carbocycles. The van der Waals surface area contributed by atoms with Crippen molar-refractivity contribution in [1.29, 1.82) is 0 Å². The minimum absolute atomic E-state index is 0.0384. The first-order chi connectivity index (χ1) is 9.63. The molecule has 0 spiro atoms. The van der Waals surface area contributed by atoms with Gasteiger partial charge >= 0.3 is 0 Å². The van der Waals surface area contributed by atoms with Gasteiger partial charge in [-0.05, 0) is 13.0 Å². The Labute approximate surface area is 112 Å². The molecule has 9 heteroatoms. The van der Waals surface area contributed by atoms with Gasteiger partial charge in [-0.1, -0.05) is 0 Å². The van der Waals surface area contributed by atoms with Crippen LogP contribution in [0.3, 0.4) is 0 Å². The van der Waals surface area contributed by atoms with Crippen LogP contribution >= 0.6 is 0 Å². The largest absolute Gasteiger partial charge is 0.423 e. The van der Waals surface area contributed by atoms with Crippen LogP contribution < -0.4 is 5.32 Å². The maximum atomic E-state index is 10.7. The van der Waals surface area contributed by atoms with E-state index in [1.807, 2.05) is 6.92 Å². The third kappa shape index (κ3) is 2.16. The molecule has 1 atom stereocenters. The second kappa shape index (κ2) is 4.61. The van der Waals surface area contributed by atoms with Gasteiger partial charge in [-0.3, -0.25) is 15.2 Å². The summed E-state index contributed by atoms with van der Waals surface area (Å²) in [6, 6.07) is 4.35. The summed E-state index contributed by atoms with van der Waals surface area (Å²) in [5, 5.41) is 20.2. The number of benzene rings is 1. The number of nitrogens with zero attached hydrogens (tertiary/aromatic N) is 4. The van der Waals surface area contributed by atoms with Gasteiger partial charge in [0, 0.05) is 6.07 Å². The zero-order chi connectivity index (χ0) is 14.1. The molecule has 0 aliphatic carbocycles.